The van der Waals surface area contributed by atoms with Crippen LogP contribution in [-0.2, 0) is 0 Å². The molecule has 0 aliphatic carbocycles. The number of hydrogen-bond acceptors (Lipinski definition) is 4. The van der Waals surface area contributed by atoms with E-state index in [1.165, 1.54) is 6.07 Å². The standard InChI is InChI=1S/C10H11NO3S/c1-7(2)15-9-3-4-10(11(13)14)8(5-9)6-12/h3-7H,1-2H3. The number of aldehydes is 1. The van der Waals surface area contributed by atoms with Gasteiger partial charge >= 0.3 is 0 Å². The summed E-state index contributed by atoms with van der Waals surface area (Å²) in [6.07, 6.45) is 0.516. The molecule has 5 heteroatoms. The van der Waals surface area contributed by atoms with Crippen LogP contribution < -0.4 is 0 Å². The highest BCUT2D eigenvalue weighted by atomic mass is 32.2. The van der Waals surface area contributed by atoms with Gasteiger partial charge in [0, 0.05) is 16.2 Å². The first-order valence-electron chi connectivity index (χ1n) is 4.45. The number of nitro groups is 1. The maximum atomic E-state index is 10.7. The van der Waals surface area contributed by atoms with Crippen molar-refractivity contribution in [3.8, 4) is 0 Å². The molecule has 1 rings (SSSR count). The van der Waals surface area contributed by atoms with Crippen LogP contribution in [-0.4, -0.2) is 16.5 Å². The SMILES string of the molecule is CC(C)Sc1ccc([N+](=O)[O-])c(C=O)c1. The van der Waals surface area contributed by atoms with Crippen LogP contribution in [0.1, 0.15) is 24.2 Å². The molecule has 0 spiro atoms. The highest BCUT2D eigenvalue weighted by Gasteiger charge is 2.13. The van der Waals surface area contributed by atoms with E-state index in [0.717, 1.165) is 4.90 Å². The van der Waals surface area contributed by atoms with E-state index < -0.39 is 4.92 Å². The van der Waals surface area contributed by atoms with Crippen LogP contribution in [0.5, 0.6) is 0 Å². The molecule has 0 N–H and O–H groups in total. The minimum absolute atomic E-state index is 0.130. The lowest BCUT2D eigenvalue weighted by atomic mass is 10.2. The zero-order valence-corrected chi connectivity index (χ0v) is 9.28. The second-order valence-electron chi connectivity index (χ2n) is 3.26. The molecule has 0 heterocycles. The van der Waals surface area contributed by atoms with Gasteiger partial charge in [0.05, 0.1) is 10.5 Å². The Labute approximate surface area is 91.8 Å². The summed E-state index contributed by atoms with van der Waals surface area (Å²) in [6, 6.07) is 4.58. The Balaban J connectivity index is 3.07. The van der Waals surface area contributed by atoms with Crippen LogP contribution in [0, 0.1) is 10.1 Å². The Kier molecular flexibility index (Phi) is 3.85. The third-order valence-electron chi connectivity index (χ3n) is 1.69. The van der Waals surface area contributed by atoms with Crippen LogP contribution >= 0.6 is 11.8 Å². The molecule has 0 aliphatic rings. The molecule has 1 aromatic carbocycles. The molecule has 0 bridgehead atoms. The normalized spacial score (nSPS) is 10.3. The molecule has 0 amide bonds. The molecule has 0 aromatic heterocycles. The van der Waals surface area contributed by atoms with Crippen molar-refractivity contribution in [2.75, 3.05) is 0 Å². The lowest BCUT2D eigenvalue weighted by Crippen LogP contribution is -1.95. The molecule has 0 fully saturated rings. The Bertz CT molecular complexity index is 390. The molecule has 80 valence electrons. The molecular formula is C10H11NO3S. The van der Waals surface area contributed by atoms with Gasteiger partial charge in [0.15, 0.2) is 6.29 Å². The third-order valence-corrected chi connectivity index (χ3v) is 2.69. The number of rotatable bonds is 4. The molecule has 0 radical (unpaired) electrons. The maximum absolute atomic E-state index is 10.7. The van der Waals surface area contributed by atoms with Crippen molar-refractivity contribution in [1.82, 2.24) is 0 Å². The quantitative estimate of drug-likeness (QED) is 0.342. The summed E-state index contributed by atoms with van der Waals surface area (Å²) in [4.78, 5) is 21.5. The summed E-state index contributed by atoms with van der Waals surface area (Å²) in [5.41, 5.74) is -0.0104. The van der Waals surface area contributed by atoms with E-state index in [0.29, 0.717) is 11.5 Å². The van der Waals surface area contributed by atoms with Crippen molar-refractivity contribution in [1.29, 1.82) is 0 Å². The summed E-state index contributed by atoms with van der Waals surface area (Å²) in [5.74, 6) is 0. The summed E-state index contributed by atoms with van der Waals surface area (Å²) in [6.45, 7) is 4.04. The number of hydrogen-bond donors (Lipinski definition) is 0. The smallest absolute Gasteiger partial charge is 0.279 e. The molecule has 0 atom stereocenters. The second kappa shape index (κ2) is 4.93. The number of thioether (sulfide) groups is 1. The van der Waals surface area contributed by atoms with E-state index in [9.17, 15) is 14.9 Å². The highest BCUT2D eigenvalue weighted by Crippen LogP contribution is 2.27. The minimum Gasteiger partial charge on any atom is -0.298 e. The van der Waals surface area contributed by atoms with E-state index in [-0.39, 0.29) is 11.3 Å². The minimum atomic E-state index is -0.548. The lowest BCUT2D eigenvalue weighted by Gasteiger charge is -2.05. The van der Waals surface area contributed by atoms with Gasteiger partial charge in [-0.2, -0.15) is 0 Å². The first-order chi connectivity index (χ1) is 7.04. The van der Waals surface area contributed by atoms with Crippen LogP contribution in [0.25, 0.3) is 0 Å². The molecule has 0 saturated heterocycles. The van der Waals surface area contributed by atoms with E-state index >= 15 is 0 Å². The fourth-order valence-corrected chi connectivity index (χ4v) is 2.02. The second-order valence-corrected chi connectivity index (χ2v) is 4.91. The molecule has 1 aromatic rings. The van der Waals surface area contributed by atoms with E-state index in [1.807, 2.05) is 13.8 Å². The Hall–Kier alpha value is -1.36. The average Bonchev–Trinajstić information content (AvgIpc) is 2.16. The van der Waals surface area contributed by atoms with Crippen molar-refractivity contribution in [3.05, 3.63) is 33.9 Å². The van der Waals surface area contributed by atoms with Crippen LogP contribution in [0.3, 0.4) is 0 Å². The zero-order valence-electron chi connectivity index (χ0n) is 8.47. The van der Waals surface area contributed by atoms with Gasteiger partial charge in [-0.1, -0.05) is 13.8 Å². The van der Waals surface area contributed by atoms with Gasteiger partial charge < -0.3 is 0 Å². The first-order valence-corrected chi connectivity index (χ1v) is 5.33. The Morgan fingerprint density at radius 3 is 2.60 bits per heavy atom. The zero-order chi connectivity index (χ0) is 11.4. The summed E-state index contributed by atoms with van der Waals surface area (Å²) < 4.78 is 0. The van der Waals surface area contributed by atoms with Gasteiger partial charge in [0.2, 0.25) is 0 Å². The van der Waals surface area contributed by atoms with Gasteiger partial charge in [-0.15, -0.1) is 11.8 Å². The van der Waals surface area contributed by atoms with Gasteiger partial charge in [0.25, 0.3) is 5.69 Å². The average molecular weight is 225 g/mol. The first kappa shape index (κ1) is 11.7. The largest absolute Gasteiger partial charge is 0.298 e. The predicted molar refractivity (Wildman–Crippen MR) is 59.5 cm³/mol. The lowest BCUT2D eigenvalue weighted by molar-refractivity contribution is -0.385. The van der Waals surface area contributed by atoms with Crippen molar-refractivity contribution in [2.45, 2.75) is 24.0 Å². The van der Waals surface area contributed by atoms with Crippen molar-refractivity contribution >= 4 is 23.7 Å². The number of nitro benzene ring substituents is 1. The maximum Gasteiger partial charge on any atom is 0.279 e. The van der Waals surface area contributed by atoms with Crippen molar-refractivity contribution in [2.24, 2.45) is 0 Å². The van der Waals surface area contributed by atoms with E-state index in [2.05, 4.69) is 0 Å². The van der Waals surface area contributed by atoms with Gasteiger partial charge in [0.1, 0.15) is 0 Å². The fraction of sp³-hybridized carbons (Fsp3) is 0.300. The fourth-order valence-electron chi connectivity index (χ4n) is 1.14. The number of benzene rings is 1. The van der Waals surface area contributed by atoms with E-state index in [4.69, 9.17) is 0 Å². The molecular weight excluding hydrogens is 214 g/mol. The molecule has 15 heavy (non-hydrogen) atoms. The topological polar surface area (TPSA) is 60.2 Å². The van der Waals surface area contributed by atoms with Crippen molar-refractivity contribution in [3.63, 3.8) is 0 Å². The molecule has 0 unspecified atom stereocenters. The number of carbonyl (C=O) groups is 1. The summed E-state index contributed by atoms with van der Waals surface area (Å²) in [5, 5.41) is 10.9. The Morgan fingerprint density at radius 2 is 2.13 bits per heavy atom. The van der Waals surface area contributed by atoms with Crippen LogP contribution in [0.4, 0.5) is 5.69 Å². The monoisotopic (exact) mass is 225 g/mol. The van der Waals surface area contributed by atoms with Gasteiger partial charge in [-0.25, -0.2) is 0 Å². The molecule has 4 nitrogen and oxygen atoms in total. The third kappa shape index (κ3) is 3.06. The molecule has 0 aliphatic heterocycles. The van der Waals surface area contributed by atoms with Crippen LogP contribution in [0.2, 0.25) is 0 Å². The number of nitrogens with zero attached hydrogens (tertiary/aromatic N) is 1. The van der Waals surface area contributed by atoms with E-state index in [1.54, 1.807) is 23.9 Å². The molecule has 0 saturated carbocycles. The van der Waals surface area contributed by atoms with Crippen LogP contribution in [0.15, 0.2) is 23.1 Å². The van der Waals surface area contributed by atoms with Crippen molar-refractivity contribution < 1.29 is 9.72 Å². The van der Waals surface area contributed by atoms with Gasteiger partial charge in [-0.05, 0) is 12.1 Å². The predicted octanol–water partition coefficient (Wildman–Crippen LogP) is 2.91. The summed E-state index contributed by atoms with van der Waals surface area (Å²) >= 11 is 1.57. The Morgan fingerprint density at radius 1 is 1.47 bits per heavy atom. The highest BCUT2D eigenvalue weighted by molar-refractivity contribution is 7.99. The summed E-state index contributed by atoms with van der Waals surface area (Å²) in [7, 11) is 0. The van der Waals surface area contributed by atoms with Gasteiger partial charge in [-0.3, -0.25) is 14.9 Å². The number of carbonyl (C=O) groups excluding carboxylic acids is 1.